The number of rotatable bonds is 3. The maximum atomic E-state index is 9.07. The summed E-state index contributed by atoms with van der Waals surface area (Å²) in [6.07, 6.45) is 2.18. The second kappa shape index (κ2) is 3.14. The van der Waals surface area contributed by atoms with Crippen molar-refractivity contribution in [3.63, 3.8) is 0 Å². The molecule has 4 heteroatoms. The summed E-state index contributed by atoms with van der Waals surface area (Å²) in [4.78, 5) is 0. The number of fused-ring (bicyclic) bond motifs is 1. The van der Waals surface area contributed by atoms with Gasteiger partial charge < -0.3 is 15.2 Å². The molecular weight excluding hydrogens is 178 g/mol. The summed E-state index contributed by atoms with van der Waals surface area (Å²) in [6.45, 7) is 2.08. The zero-order valence-electron chi connectivity index (χ0n) is 7.30. The summed E-state index contributed by atoms with van der Waals surface area (Å²) in [6, 6.07) is 0. The van der Waals surface area contributed by atoms with E-state index in [-0.39, 0.29) is 23.4 Å². The van der Waals surface area contributed by atoms with Gasteiger partial charge in [0.05, 0.1) is 13.2 Å². The first-order valence-electron chi connectivity index (χ1n) is 4.09. The molecule has 0 aromatic carbocycles. The molecule has 2 bridgehead atoms. The molecular formula is C8H16ClNO2. The Kier molecular flexibility index (Phi) is 2.69. The van der Waals surface area contributed by atoms with Crippen molar-refractivity contribution in [1.29, 1.82) is 0 Å². The molecule has 2 N–H and O–H groups in total. The van der Waals surface area contributed by atoms with Gasteiger partial charge in [0, 0.05) is 24.6 Å². The molecule has 3 fully saturated rings. The Hall–Kier alpha value is 0.170. The molecule has 0 atom stereocenters. The van der Waals surface area contributed by atoms with Crippen LogP contribution in [0.2, 0.25) is 0 Å². The molecule has 1 aliphatic carbocycles. The molecule has 0 aromatic rings. The molecule has 12 heavy (non-hydrogen) atoms. The molecule has 0 spiro atoms. The fourth-order valence-electron chi connectivity index (χ4n) is 2.61. The van der Waals surface area contributed by atoms with Crippen molar-refractivity contribution in [2.24, 2.45) is 5.41 Å². The molecule has 3 aliphatic rings. The molecule has 0 unspecified atom stereocenters. The van der Waals surface area contributed by atoms with Crippen LogP contribution in [0.15, 0.2) is 0 Å². The second-order valence-electron chi connectivity index (χ2n) is 4.08. The lowest BCUT2D eigenvalue weighted by atomic mass is 9.63. The quantitative estimate of drug-likeness (QED) is 0.672. The van der Waals surface area contributed by atoms with Gasteiger partial charge in [0.2, 0.25) is 0 Å². The smallest absolute Gasteiger partial charge is 0.0644 e. The second-order valence-corrected chi connectivity index (χ2v) is 4.08. The van der Waals surface area contributed by atoms with E-state index in [0.717, 1.165) is 26.0 Å². The highest BCUT2D eigenvalue weighted by Crippen LogP contribution is 2.53. The van der Waals surface area contributed by atoms with Crippen molar-refractivity contribution in [3.8, 4) is 0 Å². The van der Waals surface area contributed by atoms with Gasteiger partial charge in [-0.3, -0.25) is 0 Å². The molecule has 2 saturated heterocycles. The number of aliphatic hydroxyl groups is 1. The average Bonchev–Trinajstić information content (AvgIpc) is 2.43. The monoisotopic (exact) mass is 193 g/mol. The molecule has 0 radical (unpaired) electrons. The first-order valence-corrected chi connectivity index (χ1v) is 4.09. The zero-order chi connectivity index (χ0) is 7.95. The van der Waals surface area contributed by atoms with Gasteiger partial charge in [-0.1, -0.05) is 0 Å². The van der Waals surface area contributed by atoms with Gasteiger partial charge in [0.15, 0.2) is 0 Å². The number of aliphatic hydroxyl groups excluding tert-OH is 1. The van der Waals surface area contributed by atoms with Crippen LogP contribution in [0.3, 0.4) is 0 Å². The fraction of sp³-hybridized carbons (Fsp3) is 1.00. The number of ether oxygens (including phenoxy) is 1. The van der Waals surface area contributed by atoms with Crippen molar-refractivity contribution in [1.82, 2.24) is 5.32 Å². The maximum absolute atomic E-state index is 9.07. The Morgan fingerprint density at radius 2 is 2.17 bits per heavy atom. The van der Waals surface area contributed by atoms with Crippen LogP contribution in [0.25, 0.3) is 0 Å². The zero-order valence-corrected chi connectivity index (χ0v) is 8.12. The van der Waals surface area contributed by atoms with Crippen LogP contribution in [0.1, 0.15) is 12.8 Å². The van der Waals surface area contributed by atoms with Gasteiger partial charge in [-0.25, -0.2) is 0 Å². The fourth-order valence-corrected chi connectivity index (χ4v) is 2.61. The lowest BCUT2D eigenvalue weighted by molar-refractivity contribution is 0.000415. The van der Waals surface area contributed by atoms with Gasteiger partial charge in [-0.15, -0.1) is 12.4 Å². The highest BCUT2D eigenvalue weighted by Gasteiger charge is 2.60. The molecule has 1 saturated carbocycles. The van der Waals surface area contributed by atoms with E-state index in [1.165, 1.54) is 0 Å². The van der Waals surface area contributed by atoms with Crippen LogP contribution < -0.4 is 5.32 Å². The predicted molar refractivity (Wildman–Crippen MR) is 48.6 cm³/mol. The summed E-state index contributed by atoms with van der Waals surface area (Å²) in [5.74, 6) is 0. The van der Waals surface area contributed by atoms with Gasteiger partial charge >= 0.3 is 0 Å². The van der Waals surface area contributed by atoms with Crippen LogP contribution in [-0.4, -0.2) is 37.5 Å². The van der Waals surface area contributed by atoms with Crippen molar-refractivity contribution < 1.29 is 9.84 Å². The Labute approximate surface area is 78.9 Å². The third kappa shape index (κ3) is 1.25. The predicted octanol–water partition coefficient (Wildman–Crippen LogP) is 0.169. The van der Waals surface area contributed by atoms with Crippen LogP contribution in [-0.2, 0) is 4.74 Å². The molecule has 2 heterocycles. The third-order valence-electron chi connectivity index (χ3n) is 3.02. The van der Waals surface area contributed by atoms with Crippen LogP contribution in [0, 0.1) is 5.41 Å². The lowest BCUT2D eigenvalue weighted by Crippen LogP contribution is -2.52. The molecule has 0 aromatic heterocycles. The lowest BCUT2D eigenvalue weighted by Gasteiger charge is -2.44. The van der Waals surface area contributed by atoms with Gasteiger partial charge in [-0.05, 0) is 12.8 Å². The summed E-state index contributed by atoms with van der Waals surface area (Å²) in [5, 5.41) is 12.5. The van der Waals surface area contributed by atoms with Crippen molar-refractivity contribution in [2.45, 2.75) is 18.4 Å². The van der Waals surface area contributed by atoms with Gasteiger partial charge in [0.25, 0.3) is 0 Å². The highest BCUT2D eigenvalue weighted by atomic mass is 35.5. The number of methoxy groups -OCH3 is 1. The summed E-state index contributed by atoms with van der Waals surface area (Å²) >= 11 is 0. The first-order chi connectivity index (χ1) is 5.24. The summed E-state index contributed by atoms with van der Waals surface area (Å²) in [7, 11) is 1.73. The number of nitrogens with one attached hydrogen (secondary N) is 1. The van der Waals surface area contributed by atoms with E-state index in [9.17, 15) is 0 Å². The minimum Gasteiger partial charge on any atom is -0.396 e. The minimum atomic E-state index is 0. The van der Waals surface area contributed by atoms with E-state index in [1.807, 2.05) is 0 Å². The SMILES string of the molecule is COCC12CC(CO)(CN1)C2.Cl. The van der Waals surface area contributed by atoms with E-state index in [0.29, 0.717) is 6.61 Å². The Morgan fingerprint density at radius 1 is 1.50 bits per heavy atom. The van der Waals surface area contributed by atoms with Crippen LogP contribution >= 0.6 is 12.4 Å². The van der Waals surface area contributed by atoms with Gasteiger partial charge in [0.1, 0.15) is 0 Å². The first kappa shape index (κ1) is 10.3. The minimum absolute atomic E-state index is 0. The summed E-state index contributed by atoms with van der Waals surface area (Å²) < 4.78 is 5.11. The number of hydrogen-bond acceptors (Lipinski definition) is 3. The van der Waals surface area contributed by atoms with E-state index in [2.05, 4.69) is 5.32 Å². The Balaban J connectivity index is 0.000000720. The van der Waals surface area contributed by atoms with Gasteiger partial charge in [-0.2, -0.15) is 0 Å². The normalized spacial score (nSPS) is 43.5. The molecule has 3 nitrogen and oxygen atoms in total. The standard InChI is InChI=1S/C8H15NO2.ClH/c1-11-6-8-2-7(3-8,5-10)4-9-8;/h9-10H,2-6H2,1H3;1H. The Morgan fingerprint density at radius 3 is 2.58 bits per heavy atom. The van der Waals surface area contributed by atoms with Crippen LogP contribution in [0.4, 0.5) is 0 Å². The van der Waals surface area contributed by atoms with E-state index in [1.54, 1.807) is 7.11 Å². The molecule has 0 amide bonds. The van der Waals surface area contributed by atoms with E-state index >= 15 is 0 Å². The Bertz CT molecular complexity index is 168. The van der Waals surface area contributed by atoms with Crippen LogP contribution in [0.5, 0.6) is 0 Å². The topological polar surface area (TPSA) is 41.5 Å². The molecule has 72 valence electrons. The largest absolute Gasteiger partial charge is 0.396 e. The van der Waals surface area contributed by atoms with E-state index in [4.69, 9.17) is 9.84 Å². The summed E-state index contributed by atoms with van der Waals surface area (Å²) in [5.41, 5.74) is 0.427. The third-order valence-corrected chi connectivity index (χ3v) is 3.02. The van der Waals surface area contributed by atoms with Crippen molar-refractivity contribution in [2.75, 3.05) is 26.9 Å². The number of hydrogen-bond donors (Lipinski definition) is 2. The van der Waals surface area contributed by atoms with Crippen molar-refractivity contribution in [3.05, 3.63) is 0 Å². The highest BCUT2D eigenvalue weighted by molar-refractivity contribution is 5.85. The molecule has 3 rings (SSSR count). The molecule has 2 aliphatic heterocycles. The van der Waals surface area contributed by atoms with E-state index < -0.39 is 0 Å². The van der Waals surface area contributed by atoms with Crippen molar-refractivity contribution >= 4 is 12.4 Å². The maximum Gasteiger partial charge on any atom is 0.0644 e. The number of halogens is 1. The average molecular weight is 194 g/mol.